The third kappa shape index (κ3) is 5.42. The molecule has 0 radical (unpaired) electrons. The van der Waals surface area contributed by atoms with E-state index in [1.165, 1.54) is 10.6 Å². The molecule has 5 nitrogen and oxygen atoms in total. The summed E-state index contributed by atoms with van der Waals surface area (Å²) in [5.74, 6) is -0.284. The van der Waals surface area contributed by atoms with Gasteiger partial charge in [-0.2, -0.15) is 4.31 Å². The van der Waals surface area contributed by atoms with Gasteiger partial charge in [0, 0.05) is 6.04 Å². The maximum absolute atomic E-state index is 12.9. The first-order valence-corrected chi connectivity index (χ1v) is 11.7. The van der Waals surface area contributed by atoms with Crippen molar-refractivity contribution < 1.29 is 13.2 Å². The molecule has 0 saturated heterocycles. The molecule has 1 aliphatic carbocycles. The predicted octanol–water partition coefficient (Wildman–Crippen LogP) is 3.49. The Morgan fingerprint density at radius 3 is 1.93 bits per heavy atom. The van der Waals surface area contributed by atoms with E-state index in [2.05, 4.69) is 5.32 Å². The number of carbonyl (C=O) groups excluding carboxylic acids is 1. The molecule has 0 aliphatic heterocycles. The van der Waals surface area contributed by atoms with Gasteiger partial charge in [0.2, 0.25) is 15.9 Å². The van der Waals surface area contributed by atoms with E-state index in [-0.39, 0.29) is 24.5 Å². The zero-order valence-electron chi connectivity index (χ0n) is 16.3. The molecule has 0 spiro atoms. The highest BCUT2D eigenvalue weighted by molar-refractivity contribution is 7.88. The SMILES string of the molecule is CS(=O)(=O)N(CC(=O)NC(c1ccccc1)c1ccccc1)C1CCCCC1. The summed E-state index contributed by atoms with van der Waals surface area (Å²) < 4.78 is 26.1. The van der Waals surface area contributed by atoms with Crippen LogP contribution in [0.4, 0.5) is 0 Å². The van der Waals surface area contributed by atoms with Crippen LogP contribution in [0.5, 0.6) is 0 Å². The Bertz CT molecular complexity index is 824. The van der Waals surface area contributed by atoms with Gasteiger partial charge in [-0.05, 0) is 24.0 Å². The van der Waals surface area contributed by atoms with Crippen LogP contribution in [-0.4, -0.2) is 37.5 Å². The van der Waals surface area contributed by atoms with Gasteiger partial charge in [-0.15, -0.1) is 0 Å². The molecular formula is C22H28N2O3S. The Labute approximate surface area is 167 Å². The molecule has 3 rings (SSSR count). The van der Waals surface area contributed by atoms with Crippen LogP contribution in [0.25, 0.3) is 0 Å². The first-order chi connectivity index (χ1) is 13.4. The third-order valence-corrected chi connectivity index (χ3v) is 6.56. The molecule has 1 amide bonds. The van der Waals surface area contributed by atoms with Gasteiger partial charge < -0.3 is 5.32 Å². The fourth-order valence-corrected chi connectivity index (χ4v) is 4.99. The van der Waals surface area contributed by atoms with Gasteiger partial charge in [0.15, 0.2) is 0 Å². The van der Waals surface area contributed by atoms with E-state index in [4.69, 9.17) is 0 Å². The Morgan fingerprint density at radius 1 is 0.964 bits per heavy atom. The minimum absolute atomic E-state index is 0.0820. The Morgan fingerprint density at radius 2 is 1.46 bits per heavy atom. The maximum atomic E-state index is 12.9. The van der Waals surface area contributed by atoms with Gasteiger partial charge in [-0.1, -0.05) is 79.9 Å². The quantitative estimate of drug-likeness (QED) is 0.774. The first-order valence-electron chi connectivity index (χ1n) is 9.81. The van der Waals surface area contributed by atoms with E-state index in [1.54, 1.807) is 0 Å². The highest BCUT2D eigenvalue weighted by Crippen LogP contribution is 2.25. The molecule has 2 aromatic rings. The molecule has 1 saturated carbocycles. The molecule has 6 heteroatoms. The molecule has 28 heavy (non-hydrogen) atoms. The number of sulfonamides is 1. The number of hydrogen-bond acceptors (Lipinski definition) is 3. The first kappa shape index (κ1) is 20.6. The Balaban J connectivity index is 1.79. The van der Waals surface area contributed by atoms with Gasteiger partial charge in [0.25, 0.3) is 0 Å². The van der Waals surface area contributed by atoms with E-state index >= 15 is 0 Å². The minimum Gasteiger partial charge on any atom is -0.344 e. The second-order valence-electron chi connectivity index (χ2n) is 7.42. The molecule has 0 unspecified atom stereocenters. The van der Waals surface area contributed by atoms with Crippen LogP contribution < -0.4 is 5.32 Å². The fourth-order valence-electron chi connectivity index (χ4n) is 3.88. The summed E-state index contributed by atoms with van der Waals surface area (Å²) in [6.07, 6.45) is 5.98. The van der Waals surface area contributed by atoms with E-state index in [9.17, 15) is 13.2 Å². The molecule has 0 bridgehead atoms. The molecule has 1 fully saturated rings. The molecule has 0 aromatic heterocycles. The van der Waals surface area contributed by atoms with E-state index in [0.717, 1.165) is 43.2 Å². The Kier molecular flexibility index (Phi) is 6.86. The van der Waals surface area contributed by atoms with Crippen LogP contribution in [0.3, 0.4) is 0 Å². The van der Waals surface area contributed by atoms with E-state index < -0.39 is 10.0 Å². The van der Waals surface area contributed by atoms with Gasteiger partial charge in [-0.25, -0.2) is 8.42 Å². The summed E-state index contributed by atoms with van der Waals surface area (Å²) >= 11 is 0. The number of hydrogen-bond donors (Lipinski definition) is 1. The summed E-state index contributed by atoms with van der Waals surface area (Å²) in [4.78, 5) is 12.9. The average molecular weight is 401 g/mol. The molecule has 0 heterocycles. The second kappa shape index (κ2) is 9.34. The number of rotatable bonds is 7. The van der Waals surface area contributed by atoms with Gasteiger partial charge in [0.1, 0.15) is 0 Å². The van der Waals surface area contributed by atoms with Crippen molar-refractivity contribution in [3.05, 3.63) is 71.8 Å². The monoisotopic (exact) mass is 400 g/mol. The normalized spacial score (nSPS) is 15.7. The highest BCUT2D eigenvalue weighted by Gasteiger charge is 2.30. The van der Waals surface area contributed by atoms with Crippen LogP contribution in [0.2, 0.25) is 0 Å². The summed E-state index contributed by atoms with van der Waals surface area (Å²) in [7, 11) is -3.45. The van der Waals surface area contributed by atoms with Crippen molar-refractivity contribution in [1.29, 1.82) is 0 Å². The highest BCUT2D eigenvalue weighted by atomic mass is 32.2. The van der Waals surface area contributed by atoms with Crippen molar-refractivity contribution in [3.63, 3.8) is 0 Å². The summed E-state index contributed by atoms with van der Waals surface area (Å²) in [5.41, 5.74) is 1.93. The number of amides is 1. The van der Waals surface area contributed by atoms with Gasteiger partial charge in [-0.3, -0.25) is 4.79 Å². The van der Waals surface area contributed by atoms with Crippen molar-refractivity contribution >= 4 is 15.9 Å². The van der Waals surface area contributed by atoms with Gasteiger partial charge in [0.05, 0.1) is 18.8 Å². The smallest absolute Gasteiger partial charge is 0.236 e. The topological polar surface area (TPSA) is 66.5 Å². The minimum atomic E-state index is -3.45. The number of nitrogens with one attached hydrogen (secondary N) is 1. The zero-order valence-corrected chi connectivity index (χ0v) is 17.1. The summed E-state index contributed by atoms with van der Waals surface area (Å²) in [6, 6.07) is 19.1. The fraction of sp³-hybridized carbons (Fsp3) is 0.409. The lowest BCUT2D eigenvalue weighted by Gasteiger charge is -2.32. The number of nitrogens with zero attached hydrogens (tertiary/aromatic N) is 1. The molecule has 1 aliphatic rings. The van der Waals surface area contributed by atoms with Crippen LogP contribution in [-0.2, 0) is 14.8 Å². The van der Waals surface area contributed by atoms with Crippen LogP contribution in [0.1, 0.15) is 49.3 Å². The van der Waals surface area contributed by atoms with Crippen molar-refractivity contribution in [2.75, 3.05) is 12.8 Å². The second-order valence-corrected chi connectivity index (χ2v) is 9.36. The summed E-state index contributed by atoms with van der Waals surface area (Å²) in [5, 5.41) is 3.05. The van der Waals surface area contributed by atoms with Crippen molar-refractivity contribution in [1.82, 2.24) is 9.62 Å². The van der Waals surface area contributed by atoms with Crippen molar-refractivity contribution in [3.8, 4) is 0 Å². The van der Waals surface area contributed by atoms with Crippen LogP contribution in [0, 0.1) is 0 Å². The molecule has 0 atom stereocenters. The molecule has 1 N–H and O–H groups in total. The zero-order chi connectivity index (χ0) is 20.0. The van der Waals surface area contributed by atoms with Crippen molar-refractivity contribution in [2.45, 2.75) is 44.2 Å². The maximum Gasteiger partial charge on any atom is 0.236 e. The third-order valence-electron chi connectivity index (χ3n) is 5.28. The lowest BCUT2D eigenvalue weighted by Crippen LogP contribution is -2.47. The number of benzene rings is 2. The van der Waals surface area contributed by atoms with Crippen LogP contribution in [0.15, 0.2) is 60.7 Å². The van der Waals surface area contributed by atoms with Crippen molar-refractivity contribution in [2.24, 2.45) is 0 Å². The molecule has 2 aromatic carbocycles. The largest absolute Gasteiger partial charge is 0.344 e. The van der Waals surface area contributed by atoms with Gasteiger partial charge >= 0.3 is 0 Å². The lowest BCUT2D eigenvalue weighted by atomic mass is 9.95. The number of carbonyl (C=O) groups is 1. The van der Waals surface area contributed by atoms with E-state index in [1.807, 2.05) is 60.7 Å². The Hall–Kier alpha value is -2.18. The standard InChI is InChI=1S/C22H28N2O3S/c1-28(26,27)24(20-15-9-4-10-16-20)17-21(25)23-22(18-11-5-2-6-12-18)19-13-7-3-8-14-19/h2-3,5-8,11-14,20,22H,4,9-10,15-17H2,1H3,(H,23,25). The molecular weight excluding hydrogens is 372 g/mol. The van der Waals surface area contributed by atoms with E-state index in [0.29, 0.717) is 0 Å². The average Bonchev–Trinajstić information content (AvgIpc) is 2.71. The predicted molar refractivity (Wildman–Crippen MR) is 111 cm³/mol. The summed E-state index contributed by atoms with van der Waals surface area (Å²) in [6.45, 7) is -0.139. The lowest BCUT2D eigenvalue weighted by molar-refractivity contribution is -0.122. The van der Waals surface area contributed by atoms with Crippen LogP contribution >= 0.6 is 0 Å². The molecule has 150 valence electrons.